The van der Waals surface area contributed by atoms with Crippen molar-refractivity contribution in [1.82, 2.24) is 0 Å². The molecular weight excluding hydrogens is 443 g/mol. The number of hydrogen-bond acceptors (Lipinski definition) is 1. The molecule has 0 amide bonds. The van der Waals surface area contributed by atoms with Gasteiger partial charge in [0.25, 0.3) is 0 Å². The lowest BCUT2D eigenvalue weighted by molar-refractivity contribution is 0.305. The molecule has 0 N–H and O–H groups in total. The summed E-state index contributed by atoms with van der Waals surface area (Å²) in [6, 6.07) is 10.4. The summed E-state index contributed by atoms with van der Waals surface area (Å²) in [6.45, 7) is 0.393. The van der Waals surface area contributed by atoms with E-state index in [0.29, 0.717) is 11.1 Å². The van der Waals surface area contributed by atoms with Crippen molar-refractivity contribution in [2.75, 3.05) is 0 Å². The molecular formula is C14H10Br3FO. The highest BCUT2D eigenvalue weighted by Crippen LogP contribution is 2.26. The third kappa shape index (κ3) is 4.04. The van der Waals surface area contributed by atoms with E-state index in [0.717, 1.165) is 26.7 Å². The summed E-state index contributed by atoms with van der Waals surface area (Å²) in [7, 11) is 0. The van der Waals surface area contributed by atoms with E-state index in [1.165, 1.54) is 12.1 Å². The monoisotopic (exact) mass is 450 g/mol. The summed E-state index contributed by atoms with van der Waals surface area (Å²) in [4.78, 5) is 0. The first-order chi connectivity index (χ1) is 9.10. The van der Waals surface area contributed by atoms with Crippen LogP contribution in [0.2, 0.25) is 0 Å². The molecule has 0 fully saturated rings. The lowest BCUT2D eigenvalue weighted by Gasteiger charge is -2.10. The summed E-state index contributed by atoms with van der Waals surface area (Å²) in [6.07, 6.45) is 0. The minimum Gasteiger partial charge on any atom is -0.489 e. The lowest BCUT2D eigenvalue weighted by Crippen LogP contribution is -1.97. The molecule has 0 spiro atoms. The zero-order chi connectivity index (χ0) is 13.8. The van der Waals surface area contributed by atoms with Gasteiger partial charge in [-0.1, -0.05) is 53.9 Å². The maximum absolute atomic E-state index is 13.0. The van der Waals surface area contributed by atoms with Crippen molar-refractivity contribution in [1.29, 1.82) is 0 Å². The molecule has 0 radical (unpaired) electrons. The molecule has 2 rings (SSSR count). The second-order valence-electron chi connectivity index (χ2n) is 3.91. The topological polar surface area (TPSA) is 9.23 Å². The molecule has 0 aromatic heterocycles. The maximum Gasteiger partial charge on any atom is 0.124 e. The van der Waals surface area contributed by atoms with Crippen LogP contribution in [0.3, 0.4) is 0 Å². The highest BCUT2D eigenvalue weighted by Gasteiger charge is 2.05. The van der Waals surface area contributed by atoms with Crippen LogP contribution >= 0.6 is 47.8 Å². The highest BCUT2D eigenvalue weighted by molar-refractivity contribution is 9.11. The molecule has 100 valence electrons. The Balaban J connectivity index is 2.10. The molecule has 0 aliphatic heterocycles. The molecule has 0 unspecified atom stereocenters. The average Bonchev–Trinajstić information content (AvgIpc) is 2.39. The van der Waals surface area contributed by atoms with Gasteiger partial charge in [0.15, 0.2) is 0 Å². The molecule has 0 aliphatic carbocycles. The van der Waals surface area contributed by atoms with Crippen LogP contribution in [-0.4, -0.2) is 0 Å². The fraction of sp³-hybridized carbons (Fsp3) is 0.143. The summed E-state index contributed by atoms with van der Waals surface area (Å²) in [5.41, 5.74) is 2.03. The number of hydrogen-bond donors (Lipinski definition) is 0. The first-order valence-electron chi connectivity index (χ1n) is 5.51. The summed E-state index contributed by atoms with van der Waals surface area (Å²) >= 11 is 10.2. The van der Waals surface area contributed by atoms with Gasteiger partial charge in [-0.2, -0.15) is 0 Å². The number of benzene rings is 2. The van der Waals surface area contributed by atoms with Crippen molar-refractivity contribution in [3.05, 3.63) is 62.3 Å². The van der Waals surface area contributed by atoms with Gasteiger partial charge in [0.2, 0.25) is 0 Å². The summed E-state index contributed by atoms with van der Waals surface area (Å²) in [5.74, 6) is 0.523. The van der Waals surface area contributed by atoms with Crippen molar-refractivity contribution in [3.63, 3.8) is 0 Å². The van der Waals surface area contributed by atoms with E-state index < -0.39 is 0 Å². The number of rotatable bonds is 4. The number of ether oxygens (including phenoxy) is 1. The Morgan fingerprint density at radius 1 is 0.947 bits per heavy atom. The van der Waals surface area contributed by atoms with E-state index in [-0.39, 0.29) is 5.82 Å². The van der Waals surface area contributed by atoms with Gasteiger partial charge in [-0.15, -0.1) is 0 Å². The largest absolute Gasteiger partial charge is 0.489 e. The van der Waals surface area contributed by atoms with Crippen molar-refractivity contribution in [2.45, 2.75) is 11.9 Å². The van der Waals surface area contributed by atoms with E-state index >= 15 is 0 Å². The summed E-state index contributed by atoms with van der Waals surface area (Å²) in [5, 5.41) is 0.755. The maximum atomic E-state index is 13.0. The van der Waals surface area contributed by atoms with Crippen LogP contribution in [0.4, 0.5) is 4.39 Å². The predicted molar refractivity (Wildman–Crippen MR) is 85.2 cm³/mol. The molecule has 2 aromatic rings. The molecule has 1 nitrogen and oxygen atoms in total. The zero-order valence-electron chi connectivity index (χ0n) is 9.80. The fourth-order valence-corrected chi connectivity index (χ4v) is 3.24. The average molecular weight is 453 g/mol. The third-order valence-electron chi connectivity index (χ3n) is 2.57. The van der Waals surface area contributed by atoms with Crippen LogP contribution in [0, 0.1) is 5.82 Å². The second kappa shape index (κ2) is 6.86. The van der Waals surface area contributed by atoms with Crippen LogP contribution in [0.5, 0.6) is 5.75 Å². The van der Waals surface area contributed by atoms with Crippen LogP contribution in [0.15, 0.2) is 45.3 Å². The van der Waals surface area contributed by atoms with E-state index in [1.54, 1.807) is 6.07 Å². The van der Waals surface area contributed by atoms with Gasteiger partial charge in [0.1, 0.15) is 18.2 Å². The Kier molecular flexibility index (Phi) is 5.42. The normalized spacial score (nSPS) is 10.5. The molecule has 0 atom stereocenters. The molecule has 19 heavy (non-hydrogen) atoms. The van der Waals surface area contributed by atoms with E-state index in [1.807, 2.05) is 18.2 Å². The Hall–Kier alpha value is -0.390. The Bertz CT molecular complexity index is 587. The molecule has 0 aliphatic rings. The smallest absolute Gasteiger partial charge is 0.124 e. The first kappa shape index (κ1) is 15.0. The predicted octanol–water partition coefficient (Wildman–Crippen LogP) is 5.82. The van der Waals surface area contributed by atoms with E-state index in [9.17, 15) is 4.39 Å². The Morgan fingerprint density at radius 3 is 2.42 bits per heavy atom. The highest BCUT2D eigenvalue weighted by atomic mass is 79.9. The zero-order valence-corrected chi connectivity index (χ0v) is 14.6. The van der Waals surface area contributed by atoms with Gasteiger partial charge in [0, 0.05) is 19.8 Å². The van der Waals surface area contributed by atoms with Gasteiger partial charge < -0.3 is 4.74 Å². The Labute approximate surface area is 136 Å². The van der Waals surface area contributed by atoms with Crippen LogP contribution in [0.1, 0.15) is 11.1 Å². The van der Waals surface area contributed by atoms with Gasteiger partial charge in [-0.3, -0.25) is 0 Å². The van der Waals surface area contributed by atoms with Crippen LogP contribution in [-0.2, 0) is 11.9 Å². The molecule has 0 saturated carbocycles. The quantitative estimate of drug-likeness (QED) is 0.531. The number of alkyl halides is 1. The first-order valence-corrected chi connectivity index (χ1v) is 8.22. The second-order valence-corrected chi connectivity index (χ2v) is 6.18. The SMILES string of the molecule is Fc1ccc(COc2ccc(Br)c(CBr)c2)c(Br)c1. The lowest BCUT2D eigenvalue weighted by atomic mass is 10.2. The molecule has 0 saturated heterocycles. The van der Waals surface area contributed by atoms with Gasteiger partial charge in [0.05, 0.1) is 0 Å². The van der Waals surface area contributed by atoms with E-state index in [4.69, 9.17) is 4.74 Å². The fourth-order valence-electron chi connectivity index (χ4n) is 1.54. The minimum absolute atomic E-state index is 0.263. The Morgan fingerprint density at radius 2 is 1.74 bits per heavy atom. The standard InChI is InChI=1S/C14H10Br3FO/c15-7-10-5-12(3-4-13(10)16)19-8-9-1-2-11(18)6-14(9)17/h1-6H,7-8H2. The number of halogens is 4. The van der Waals surface area contributed by atoms with E-state index in [2.05, 4.69) is 47.8 Å². The molecule has 0 heterocycles. The molecule has 5 heteroatoms. The van der Waals surface area contributed by atoms with Crippen molar-refractivity contribution in [3.8, 4) is 5.75 Å². The summed E-state index contributed by atoms with van der Waals surface area (Å²) < 4.78 is 20.4. The molecule has 2 aromatic carbocycles. The minimum atomic E-state index is -0.263. The third-order valence-corrected chi connectivity index (χ3v) is 4.69. The van der Waals surface area contributed by atoms with Gasteiger partial charge in [-0.25, -0.2) is 4.39 Å². The van der Waals surface area contributed by atoms with Crippen LogP contribution < -0.4 is 4.74 Å². The van der Waals surface area contributed by atoms with Crippen molar-refractivity contribution in [2.24, 2.45) is 0 Å². The van der Waals surface area contributed by atoms with Gasteiger partial charge >= 0.3 is 0 Å². The van der Waals surface area contributed by atoms with Crippen molar-refractivity contribution < 1.29 is 9.13 Å². The van der Waals surface area contributed by atoms with Crippen LogP contribution in [0.25, 0.3) is 0 Å². The molecule has 0 bridgehead atoms. The van der Waals surface area contributed by atoms with Gasteiger partial charge in [-0.05, 0) is 35.9 Å². The van der Waals surface area contributed by atoms with Crippen molar-refractivity contribution >= 4 is 47.8 Å².